The number of hydrogen-bond donors (Lipinski definition) is 3. The number of amides is 2. The van der Waals surface area contributed by atoms with Crippen molar-refractivity contribution in [1.82, 2.24) is 15.1 Å². The number of benzene rings is 2. The Morgan fingerprint density at radius 1 is 1.17 bits per heavy atom. The van der Waals surface area contributed by atoms with Crippen molar-refractivity contribution < 1.29 is 23.1 Å². The van der Waals surface area contributed by atoms with Crippen LogP contribution < -0.4 is 16.4 Å². The number of fused-ring (bicyclic) bond motifs is 1. The van der Waals surface area contributed by atoms with E-state index in [4.69, 9.17) is 10.5 Å². The lowest BCUT2D eigenvalue weighted by Gasteiger charge is -2.19. The predicted octanol–water partition coefficient (Wildman–Crippen LogP) is 4.00. The Hall–Kier alpha value is -3.69. The van der Waals surface area contributed by atoms with Crippen LogP contribution in [0.25, 0.3) is 10.9 Å². The normalized spacial score (nSPS) is 11.4. The van der Waals surface area contributed by atoms with Crippen LogP contribution in [0.5, 0.6) is 0 Å². The second kappa shape index (κ2) is 7.97. The molecule has 0 spiro atoms. The number of carbonyl (C=O) groups is 2. The fourth-order valence-corrected chi connectivity index (χ4v) is 2.69. The summed E-state index contributed by atoms with van der Waals surface area (Å²) in [6.07, 6.45) is -0.681. The molecule has 0 atom stereocenters. The minimum absolute atomic E-state index is 0.0171. The lowest BCUT2D eigenvalue weighted by atomic mass is 10.2. The summed E-state index contributed by atoms with van der Waals surface area (Å²) in [5, 5.41) is 9.45. The van der Waals surface area contributed by atoms with Gasteiger partial charge in [0.2, 0.25) is 0 Å². The molecule has 2 aromatic carbocycles. The van der Waals surface area contributed by atoms with Gasteiger partial charge < -0.3 is 21.1 Å². The SMILES string of the molecule is CC(C)(C)OC(=O)n1nc(N)c2cc(NC(=O)NCc3cc(F)ccc3F)ccc21. The molecule has 1 heterocycles. The maximum Gasteiger partial charge on any atom is 0.435 e. The van der Waals surface area contributed by atoms with Gasteiger partial charge in [0.15, 0.2) is 5.82 Å². The number of hydrogen-bond acceptors (Lipinski definition) is 5. The first-order valence-corrected chi connectivity index (χ1v) is 9.04. The van der Waals surface area contributed by atoms with E-state index < -0.39 is 29.4 Å². The van der Waals surface area contributed by atoms with Gasteiger partial charge in [-0.3, -0.25) is 0 Å². The molecule has 10 heteroatoms. The van der Waals surface area contributed by atoms with Crippen LogP contribution in [-0.4, -0.2) is 27.5 Å². The number of carbonyl (C=O) groups excluding carboxylic acids is 2. The molecule has 30 heavy (non-hydrogen) atoms. The van der Waals surface area contributed by atoms with E-state index in [0.29, 0.717) is 16.6 Å². The van der Waals surface area contributed by atoms with Crippen molar-refractivity contribution in [3.8, 4) is 0 Å². The number of nitrogens with two attached hydrogens (primary N) is 1. The fourth-order valence-electron chi connectivity index (χ4n) is 2.69. The molecule has 0 unspecified atom stereocenters. The molecule has 3 aromatic rings. The number of anilines is 2. The smallest absolute Gasteiger partial charge is 0.435 e. The number of nitrogens with zero attached hydrogens (tertiary/aromatic N) is 2. The molecule has 3 rings (SSSR count). The molecular formula is C20H21F2N5O3. The van der Waals surface area contributed by atoms with Crippen LogP contribution in [0.3, 0.4) is 0 Å². The van der Waals surface area contributed by atoms with E-state index in [-0.39, 0.29) is 17.9 Å². The molecule has 0 aliphatic rings. The molecule has 0 aliphatic carbocycles. The number of urea groups is 1. The summed E-state index contributed by atoms with van der Waals surface area (Å²) in [4.78, 5) is 24.4. The molecule has 0 fully saturated rings. The summed E-state index contributed by atoms with van der Waals surface area (Å²) < 4.78 is 33.2. The third-order valence-electron chi connectivity index (χ3n) is 3.98. The van der Waals surface area contributed by atoms with Crippen LogP contribution in [0.1, 0.15) is 26.3 Å². The van der Waals surface area contributed by atoms with E-state index in [9.17, 15) is 18.4 Å². The molecule has 0 bridgehead atoms. The van der Waals surface area contributed by atoms with E-state index in [0.717, 1.165) is 22.9 Å². The molecule has 158 valence electrons. The van der Waals surface area contributed by atoms with Gasteiger partial charge in [0.05, 0.1) is 5.52 Å². The number of aromatic nitrogens is 2. The first kappa shape index (κ1) is 21.0. The van der Waals surface area contributed by atoms with Crippen LogP contribution in [-0.2, 0) is 11.3 Å². The number of ether oxygens (including phenoxy) is 1. The van der Waals surface area contributed by atoms with Crippen molar-refractivity contribution in [2.75, 3.05) is 11.1 Å². The Morgan fingerprint density at radius 2 is 1.90 bits per heavy atom. The molecule has 8 nitrogen and oxygen atoms in total. The lowest BCUT2D eigenvalue weighted by Crippen LogP contribution is -2.28. The Kier molecular flexibility index (Phi) is 5.59. The van der Waals surface area contributed by atoms with Crippen molar-refractivity contribution in [1.29, 1.82) is 0 Å². The third kappa shape index (κ3) is 4.83. The van der Waals surface area contributed by atoms with Gasteiger partial charge in [-0.1, -0.05) is 0 Å². The van der Waals surface area contributed by atoms with Crippen LogP contribution in [0, 0.1) is 11.6 Å². The van der Waals surface area contributed by atoms with Crippen molar-refractivity contribution in [2.24, 2.45) is 0 Å². The third-order valence-corrected chi connectivity index (χ3v) is 3.98. The number of rotatable bonds is 3. The second-order valence-electron chi connectivity index (χ2n) is 7.55. The van der Waals surface area contributed by atoms with Gasteiger partial charge in [-0.05, 0) is 57.2 Å². The lowest BCUT2D eigenvalue weighted by molar-refractivity contribution is 0.0523. The van der Waals surface area contributed by atoms with Gasteiger partial charge >= 0.3 is 12.1 Å². The van der Waals surface area contributed by atoms with E-state index in [1.807, 2.05) is 0 Å². The van der Waals surface area contributed by atoms with E-state index in [2.05, 4.69) is 15.7 Å². The maximum absolute atomic E-state index is 13.6. The largest absolute Gasteiger partial charge is 0.442 e. The van der Waals surface area contributed by atoms with E-state index in [1.54, 1.807) is 39.0 Å². The topological polar surface area (TPSA) is 111 Å². The van der Waals surface area contributed by atoms with Crippen molar-refractivity contribution in [3.05, 3.63) is 53.6 Å². The quantitative estimate of drug-likeness (QED) is 0.596. The minimum atomic E-state index is -0.704. The Morgan fingerprint density at radius 3 is 2.60 bits per heavy atom. The summed E-state index contributed by atoms with van der Waals surface area (Å²) in [7, 11) is 0. The highest BCUT2D eigenvalue weighted by atomic mass is 19.1. The molecular weight excluding hydrogens is 396 g/mol. The van der Waals surface area contributed by atoms with Gasteiger partial charge in [0.1, 0.15) is 17.2 Å². The van der Waals surface area contributed by atoms with E-state index in [1.165, 1.54) is 0 Å². The summed E-state index contributed by atoms with van der Waals surface area (Å²) >= 11 is 0. The molecule has 0 saturated heterocycles. The maximum atomic E-state index is 13.6. The van der Waals surface area contributed by atoms with Crippen LogP contribution in [0.2, 0.25) is 0 Å². The highest BCUT2D eigenvalue weighted by Crippen LogP contribution is 2.25. The Balaban J connectivity index is 1.73. The molecule has 1 aromatic heterocycles. The highest BCUT2D eigenvalue weighted by molar-refractivity contribution is 5.99. The molecule has 0 radical (unpaired) electrons. The summed E-state index contributed by atoms with van der Waals surface area (Å²) in [5.41, 5.74) is 5.99. The van der Waals surface area contributed by atoms with Gasteiger partial charge in [-0.2, -0.15) is 4.68 Å². The molecule has 0 saturated carbocycles. The van der Waals surface area contributed by atoms with Crippen LogP contribution in [0.4, 0.5) is 29.9 Å². The van der Waals surface area contributed by atoms with Gasteiger partial charge in [-0.15, -0.1) is 5.10 Å². The monoisotopic (exact) mass is 417 g/mol. The van der Waals surface area contributed by atoms with Crippen LogP contribution in [0.15, 0.2) is 36.4 Å². The minimum Gasteiger partial charge on any atom is -0.442 e. The zero-order valence-electron chi connectivity index (χ0n) is 16.6. The Bertz CT molecular complexity index is 1120. The highest BCUT2D eigenvalue weighted by Gasteiger charge is 2.21. The van der Waals surface area contributed by atoms with Crippen molar-refractivity contribution in [3.63, 3.8) is 0 Å². The number of nitrogen functional groups attached to an aromatic ring is 1. The summed E-state index contributed by atoms with van der Waals surface area (Å²) in [5.74, 6) is -1.14. The molecule has 0 aliphatic heterocycles. The van der Waals surface area contributed by atoms with Gasteiger partial charge in [0, 0.05) is 23.2 Å². The van der Waals surface area contributed by atoms with Crippen molar-refractivity contribution >= 4 is 34.5 Å². The van der Waals surface area contributed by atoms with Crippen molar-refractivity contribution in [2.45, 2.75) is 32.9 Å². The molecule has 4 N–H and O–H groups in total. The first-order valence-electron chi connectivity index (χ1n) is 9.04. The average molecular weight is 417 g/mol. The fraction of sp³-hybridized carbons (Fsp3) is 0.250. The summed E-state index contributed by atoms with van der Waals surface area (Å²) in [6.45, 7) is 5.00. The number of nitrogens with one attached hydrogen (secondary N) is 2. The zero-order chi connectivity index (χ0) is 22.1. The second-order valence-corrected chi connectivity index (χ2v) is 7.55. The number of halogens is 2. The zero-order valence-corrected chi connectivity index (χ0v) is 16.6. The summed E-state index contributed by atoms with van der Waals surface area (Å²) in [6, 6.07) is 7.01. The van der Waals surface area contributed by atoms with Crippen LogP contribution >= 0.6 is 0 Å². The molecule has 2 amide bonds. The van der Waals surface area contributed by atoms with E-state index >= 15 is 0 Å². The van der Waals surface area contributed by atoms with Gasteiger partial charge in [0.25, 0.3) is 0 Å². The standard InChI is InChI=1S/C20H21F2N5O3/c1-20(2,3)30-19(29)27-16-7-5-13(9-14(16)17(23)26-27)25-18(28)24-10-11-8-12(21)4-6-15(11)22/h4-9H,10H2,1-3H3,(H2,23,26)(H2,24,25,28). The first-order chi connectivity index (χ1) is 14.0. The van der Waals surface area contributed by atoms with Gasteiger partial charge in [-0.25, -0.2) is 18.4 Å². The Labute approximate surface area is 171 Å². The predicted molar refractivity (Wildman–Crippen MR) is 108 cm³/mol. The average Bonchev–Trinajstić information content (AvgIpc) is 2.98.